The lowest BCUT2D eigenvalue weighted by atomic mass is 9.78. The van der Waals surface area contributed by atoms with E-state index in [-0.39, 0.29) is 18.3 Å². The van der Waals surface area contributed by atoms with Gasteiger partial charge in [0.05, 0.1) is 24.4 Å². The molecule has 4 nitrogen and oxygen atoms in total. The van der Waals surface area contributed by atoms with Crippen molar-refractivity contribution in [1.82, 2.24) is 0 Å². The standard InChI is InChI=1S/C15H21BO4/c1-14(2)15(3,4)20-16(19-14)12-5-6-13-11(9-12)10-17-7-8-18-13/h5-6,9H,7-8,10H2,1-4H3. The van der Waals surface area contributed by atoms with Gasteiger partial charge in [0.25, 0.3) is 0 Å². The van der Waals surface area contributed by atoms with Gasteiger partial charge in [-0.15, -0.1) is 0 Å². The summed E-state index contributed by atoms with van der Waals surface area (Å²) in [7, 11) is -0.339. The van der Waals surface area contributed by atoms with Gasteiger partial charge in [0.2, 0.25) is 0 Å². The monoisotopic (exact) mass is 276 g/mol. The molecule has 0 unspecified atom stereocenters. The van der Waals surface area contributed by atoms with Crippen molar-refractivity contribution in [2.24, 2.45) is 0 Å². The van der Waals surface area contributed by atoms with Crippen LogP contribution in [0.3, 0.4) is 0 Å². The zero-order valence-corrected chi connectivity index (χ0v) is 12.6. The predicted octanol–water partition coefficient (Wildman–Crippen LogP) is 1.89. The van der Waals surface area contributed by atoms with Gasteiger partial charge in [0, 0.05) is 5.56 Å². The highest BCUT2D eigenvalue weighted by Crippen LogP contribution is 2.36. The van der Waals surface area contributed by atoms with E-state index < -0.39 is 0 Å². The Kier molecular flexibility index (Phi) is 3.31. The average molecular weight is 276 g/mol. The molecule has 3 rings (SSSR count). The van der Waals surface area contributed by atoms with Crippen LogP contribution in [0.1, 0.15) is 33.3 Å². The maximum absolute atomic E-state index is 6.07. The van der Waals surface area contributed by atoms with Gasteiger partial charge in [-0.25, -0.2) is 0 Å². The smallest absolute Gasteiger partial charge is 0.491 e. The first kappa shape index (κ1) is 13.9. The Bertz CT molecular complexity index is 497. The minimum absolute atomic E-state index is 0.322. The summed E-state index contributed by atoms with van der Waals surface area (Å²) in [5.41, 5.74) is 1.42. The fraction of sp³-hybridized carbons (Fsp3) is 0.600. The first-order valence-corrected chi connectivity index (χ1v) is 7.08. The van der Waals surface area contributed by atoms with E-state index in [0.29, 0.717) is 19.8 Å². The van der Waals surface area contributed by atoms with Crippen molar-refractivity contribution >= 4 is 12.6 Å². The van der Waals surface area contributed by atoms with Crippen molar-refractivity contribution in [1.29, 1.82) is 0 Å². The van der Waals surface area contributed by atoms with E-state index >= 15 is 0 Å². The van der Waals surface area contributed by atoms with Crippen molar-refractivity contribution in [3.8, 4) is 5.75 Å². The van der Waals surface area contributed by atoms with Crippen molar-refractivity contribution in [3.05, 3.63) is 23.8 Å². The minimum atomic E-state index is -0.339. The number of rotatable bonds is 1. The van der Waals surface area contributed by atoms with Gasteiger partial charge in [-0.3, -0.25) is 0 Å². The predicted molar refractivity (Wildman–Crippen MR) is 77.3 cm³/mol. The Balaban J connectivity index is 1.87. The SMILES string of the molecule is CC1(C)OB(c2ccc3c(c2)COCCO3)OC1(C)C. The number of benzene rings is 1. The summed E-state index contributed by atoms with van der Waals surface area (Å²) in [5, 5.41) is 0. The molecule has 0 aromatic heterocycles. The van der Waals surface area contributed by atoms with E-state index in [1.165, 1.54) is 0 Å². The highest BCUT2D eigenvalue weighted by molar-refractivity contribution is 6.62. The molecule has 20 heavy (non-hydrogen) atoms. The van der Waals surface area contributed by atoms with Gasteiger partial charge >= 0.3 is 7.12 Å². The van der Waals surface area contributed by atoms with Gasteiger partial charge in [-0.05, 0) is 39.2 Å². The van der Waals surface area contributed by atoms with Crippen LogP contribution < -0.4 is 10.2 Å². The molecular weight excluding hydrogens is 255 g/mol. The summed E-state index contributed by atoms with van der Waals surface area (Å²) in [4.78, 5) is 0. The molecule has 1 aromatic rings. The quantitative estimate of drug-likeness (QED) is 0.734. The van der Waals surface area contributed by atoms with Crippen LogP contribution >= 0.6 is 0 Å². The van der Waals surface area contributed by atoms with Crippen LogP contribution in [-0.4, -0.2) is 31.5 Å². The summed E-state index contributed by atoms with van der Waals surface area (Å²) in [6, 6.07) is 6.04. The van der Waals surface area contributed by atoms with Crippen LogP contribution in [0.15, 0.2) is 18.2 Å². The van der Waals surface area contributed by atoms with Crippen molar-refractivity contribution in [3.63, 3.8) is 0 Å². The summed E-state index contributed by atoms with van der Waals surface area (Å²) >= 11 is 0. The summed E-state index contributed by atoms with van der Waals surface area (Å²) in [5.74, 6) is 0.891. The van der Waals surface area contributed by atoms with Gasteiger partial charge in [0.1, 0.15) is 12.4 Å². The van der Waals surface area contributed by atoms with Crippen molar-refractivity contribution in [2.75, 3.05) is 13.2 Å². The zero-order valence-electron chi connectivity index (χ0n) is 12.6. The summed E-state index contributed by atoms with van der Waals surface area (Å²) < 4.78 is 23.3. The first-order chi connectivity index (χ1) is 9.39. The third kappa shape index (κ3) is 2.34. The highest BCUT2D eigenvalue weighted by atomic mass is 16.7. The third-order valence-electron chi connectivity index (χ3n) is 4.35. The molecular formula is C15H21BO4. The fourth-order valence-corrected chi connectivity index (χ4v) is 2.37. The molecule has 0 radical (unpaired) electrons. The molecule has 2 aliphatic rings. The molecule has 108 valence electrons. The van der Waals surface area contributed by atoms with Crippen molar-refractivity contribution < 1.29 is 18.8 Å². The van der Waals surface area contributed by atoms with Crippen LogP contribution in [0, 0.1) is 0 Å². The molecule has 2 heterocycles. The molecule has 1 fully saturated rings. The average Bonchev–Trinajstić information content (AvgIpc) is 2.56. The fourth-order valence-electron chi connectivity index (χ4n) is 2.37. The molecule has 0 saturated carbocycles. The number of hydrogen-bond donors (Lipinski definition) is 0. The Hall–Kier alpha value is -1.04. The lowest BCUT2D eigenvalue weighted by molar-refractivity contribution is 0.00578. The molecule has 2 aliphatic heterocycles. The van der Waals surface area contributed by atoms with Gasteiger partial charge < -0.3 is 18.8 Å². The van der Waals surface area contributed by atoms with Crippen LogP contribution in [0.2, 0.25) is 0 Å². The molecule has 0 atom stereocenters. The lowest BCUT2D eigenvalue weighted by Crippen LogP contribution is -2.41. The molecule has 1 aromatic carbocycles. The zero-order chi connectivity index (χ0) is 14.4. The normalized spacial score (nSPS) is 23.9. The molecule has 0 spiro atoms. The van der Waals surface area contributed by atoms with E-state index in [2.05, 4.69) is 33.8 Å². The summed E-state index contributed by atoms with van der Waals surface area (Å²) in [6.07, 6.45) is 0. The molecule has 0 N–H and O–H groups in total. The maximum Gasteiger partial charge on any atom is 0.494 e. The second-order valence-electron chi connectivity index (χ2n) is 6.36. The number of fused-ring (bicyclic) bond motifs is 1. The first-order valence-electron chi connectivity index (χ1n) is 7.08. The molecule has 5 heteroatoms. The Morgan fingerprint density at radius 1 is 1.00 bits per heavy atom. The largest absolute Gasteiger partial charge is 0.494 e. The van der Waals surface area contributed by atoms with E-state index in [4.69, 9.17) is 18.8 Å². The Morgan fingerprint density at radius 3 is 2.40 bits per heavy atom. The van der Waals surface area contributed by atoms with Crippen molar-refractivity contribution in [2.45, 2.75) is 45.5 Å². The van der Waals surface area contributed by atoms with Crippen LogP contribution in [0.4, 0.5) is 0 Å². The molecule has 0 bridgehead atoms. The Labute approximate surface area is 120 Å². The maximum atomic E-state index is 6.07. The minimum Gasteiger partial charge on any atom is -0.491 e. The van der Waals surface area contributed by atoms with E-state index in [1.807, 2.05) is 12.1 Å². The highest BCUT2D eigenvalue weighted by Gasteiger charge is 2.51. The van der Waals surface area contributed by atoms with Gasteiger partial charge in [-0.1, -0.05) is 12.1 Å². The van der Waals surface area contributed by atoms with E-state index in [1.54, 1.807) is 0 Å². The number of hydrogen-bond acceptors (Lipinski definition) is 4. The second-order valence-corrected chi connectivity index (χ2v) is 6.36. The van der Waals surface area contributed by atoms with Crippen LogP contribution in [0.5, 0.6) is 5.75 Å². The molecule has 0 amide bonds. The van der Waals surface area contributed by atoms with Gasteiger partial charge in [0.15, 0.2) is 0 Å². The molecule has 0 aliphatic carbocycles. The topological polar surface area (TPSA) is 36.9 Å². The second kappa shape index (κ2) is 4.76. The molecule has 1 saturated heterocycles. The van der Waals surface area contributed by atoms with Gasteiger partial charge in [-0.2, -0.15) is 0 Å². The van der Waals surface area contributed by atoms with Crippen LogP contribution in [-0.2, 0) is 20.7 Å². The van der Waals surface area contributed by atoms with Crippen LogP contribution in [0.25, 0.3) is 0 Å². The Morgan fingerprint density at radius 2 is 1.70 bits per heavy atom. The van der Waals surface area contributed by atoms with E-state index in [9.17, 15) is 0 Å². The lowest BCUT2D eigenvalue weighted by Gasteiger charge is -2.32. The number of ether oxygens (including phenoxy) is 2. The van der Waals surface area contributed by atoms with E-state index in [0.717, 1.165) is 16.8 Å². The summed E-state index contributed by atoms with van der Waals surface area (Å²) in [6.45, 7) is 10.0. The third-order valence-corrected chi connectivity index (χ3v) is 4.35.